The summed E-state index contributed by atoms with van der Waals surface area (Å²) in [7, 11) is 0. The quantitative estimate of drug-likeness (QED) is 0.282. The van der Waals surface area contributed by atoms with E-state index in [4.69, 9.17) is 21.7 Å². The summed E-state index contributed by atoms with van der Waals surface area (Å²) in [6.45, 7) is 8.96. The Kier molecular flexibility index (Phi) is 11.3. The van der Waals surface area contributed by atoms with Crippen molar-refractivity contribution >= 4 is 45.1 Å². The molecule has 0 radical (unpaired) electrons. The van der Waals surface area contributed by atoms with Crippen molar-refractivity contribution in [3.8, 4) is 11.5 Å². The summed E-state index contributed by atoms with van der Waals surface area (Å²) in [5.41, 5.74) is 6.52. The average molecular weight is 551 g/mol. The van der Waals surface area contributed by atoms with Gasteiger partial charge in [0.15, 0.2) is 11.7 Å². The number of hydrogen-bond donors (Lipinski definition) is 3. The van der Waals surface area contributed by atoms with Crippen LogP contribution >= 0.6 is 28.1 Å². The Morgan fingerprint density at radius 3 is 2.35 bits per heavy atom. The first-order valence-corrected chi connectivity index (χ1v) is 12.4. The maximum absolute atomic E-state index is 12.4. The van der Waals surface area contributed by atoms with Crippen molar-refractivity contribution in [2.75, 3.05) is 13.2 Å². The third-order valence-electron chi connectivity index (χ3n) is 5.12. The number of hydrogen-bond acceptors (Lipinski definition) is 5. The molecule has 9 heteroatoms. The summed E-state index contributed by atoms with van der Waals surface area (Å²) in [6, 6.07) is 12.7. The van der Waals surface area contributed by atoms with Crippen molar-refractivity contribution in [2.45, 2.75) is 46.5 Å². The van der Waals surface area contributed by atoms with Crippen molar-refractivity contribution in [1.29, 1.82) is 0 Å². The summed E-state index contributed by atoms with van der Waals surface area (Å²) in [5.74, 6) is 1.43. The molecule has 2 aromatic carbocycles. The maximum Gasteiger partial charge on any atom is 0.276 e. The monoisotopic (exact) mass is 549 g/mol. The van der Waals surface area contributed by atoms with Gasteiger partial charge in [0.25, 0.3) is 11.8 Å². The molecule has 1 atom stereocenters. The Morgan fingerprint density at radius 1 is 1.03 bits per heavy atom. The van der Waals surface area contributed by atoms with E-state index in [1.165, 1.54) is 5.56 Å². The minimum absolute atomic E-state index is 0.0374. The molecule has 0 aromatic heterocycles. The van der Waals surface area contributed by atoms with Crippen LogP contribution in [-0.2, 0) is 4.79 Å². The lowest BCUT2D eigenvalue weighted by Crippen LogP contribution is -2.49. The van der Waals surface area contributed by atoms with E-state index in [0.29, 0.717) is 40.0 Å². The Bertz CT molecular complexity index is 983. The summed E-state index contributed by atoms with van der Waals surface area (Å²) in [6.07, 6.45) is 2.00. The molecule has 0 spiro atoms. The van der Waals surface area contributed by atoms with Crippen LogP contribution in [0.3, 0.4) is 0 Å². The van der Waals surface area contributed by atoms with E-state index in [1.807, 2.05) is 24.3 Å². The number of hydrazine groups is 1. The van der Waals surface area contributed by atoms with E-state index in [9.17, 15) is 9.59 Å². The van der Waals surface area contributed by atoms with E-state index < -0.39 is 11.8 Å². The molecule has 0 aliphatic rings. The molecule has 184 valence electrons. The fraction of sp³-hybridized carbons (Fsp3) is 0.400. The maximum atomic E-state index is 12.4. The fourth-order valence-electron chi connectivity index (χ4n) is 2.81. The van der Waals surface area contributed by atoms with Crippen molar-refractivity contribution < 1.29 is 19.1 Å². The molecule has 3 N–H and O–H groups in total. The Balaban J connectivity index is 1.75. The number of ether oxygens (including phenoxy) is 2. The van der Waals surface area contributed by atoms with E-state index >= 15 is 0 Å². The number of carbonyl (C=O) groups is 2. The van der Waals surface area contributed by atoms with Crippen LogP contribution in [0.1, 0.15) is 62.4 Å². The zero-order valence-corrected chi connectivity index (χ0v) is 22.3. The number of thiocarbonyl (C=S) groups is 1. The van der Waals surface area contributed by atoms with Gasteiger partial charge in [-0.25, -0.2) is 0 Å². The van der Waals surface area contributed by atoms with Crippen LogP contribution in [0.4, 0.5) is 0 Å². The second-order valence-electron chi connectivity index (χ2n) is 8.30. The lowest BCUT2D eigenvalue weighted by atomic mass is 9.99. The van der Waals surface area contributed by atoms with Crippen LogP contribution in [0.2, 0.25) is 0 Å². The summed E-state index contributed by atoms with van der Waals surface area (Å²) in [4.78, 5) is 24.5. The van der Waals surface area contributed by atoms with Gasteiger partial charge in [0, 0.05) is 5.56 Å². The largest absolute Gasteiger partial charge is 0.492 e. The van der Waals surface area contributed by atoms with Crippen molar-refractivity contribution in [2.24, 2.45) is 5.92 Å². The number of benzene rings is 2. The van der Waals surface area contributed by atoms with Crippen LogP contribution in [0.25, 0.3) is 0 Å². The van der Waals surface area contributed by atoms with Gasteiger partial charge in [0.05, 0.1) is 11.1 Å². The zero-order valence-electron chi connectivity index (χ0n) is 19.9. The Hall–Kier alpha value is -2.65. The summed E-state index contributed by atoms with van der Waals surface area (Å²) >= 11 is 8.51. The number of nitrogens with one attached hydrogen (secondary N) is 3. The molecule has 34 heavy (non-hydrogen) atoms. The molecular weight excluding hydrogens is 518 g/mol. The predicted octanol–water partition coefficient (Wildman–Crippen LogP) is 5.10. The molecule has 0 saturated heterocycles. The Morgan fingerprint density at radius 2 is 1.74 bits per heavy atom. The molecular formula is C25H32BrN3O4S. The number of amides is 2. The standard InChI is InChI=1S/C25H32BrN3O4S/c1-5-17(4)18-6-9-20(10-7-18)33-15-23(30)28-29-25(34)27-24(31)19-8-11-22(21(26)14-19)32-13-12-16(2)3/h6-11,14,16-17H,5,12-13,15H2,1-4H3,(H,28,30)(H2,27,29,31,34). The van der Waals surface area contributed by atoms with Crippen LogP contribution in [0.15, 0.2) is 46.9 Å². The average Bonchev–Trinajstić information content (AvgIpc) is 2.82. The third kappa shape index (κ3) is 9.30. The lowest BCUT2D eigenvalue weighted by molar-refractivity contribution is -0.123. The molecule has 0 bridgehead atoms. The predicted molar refractivity (Wildman–Crippen MR) is 141 cm³/mol. The molecule has 2 rings (SSSR count). The molecule has 2 amide bonds. The molecule has 0 fully saturated rings. The highest BCUT2D eigenvalue weighted by Gasteiger charge is 2.12. The molecule has 0 saturated carbocycles. The van der Waals surface area contributed by atoms with Crippen LogP contribution in [-0.4, -0.2) is 30.1 Å². The summed E-state index contributed by atoms with van der Waals surface area (Å²) in [5, 5.41) is 2.48. The molecule has 0 aliphatic heterocycles. The minimum atomic E-state index is -0.437. The molecule has 0 aliphatic carbocycles. The van der Waals surface area contributed by atoms with Gasteiger partial charge in [-0.1, -0.05) is 39.8 Å². The van der Waals surface area contributed by atoms with E-state index in [0.717, 1.165) is 12.8 Å². The lowest BCUT2D eigenvalue weighted by Gasteiger charge is -2.13. The van der Waals surface area contributed by atoms with Crippen LogP contribution in [0, 0.1) is 5.92 Å². The Labute approximate surface area is 215 Å². The molecule has 1 unspecified atom stereocenters. The molecule has 0 heterocycles. The van der Waals surface area contributed by atoms with Crippen LogP contribution < -0.4 is 25.6 Å². The second-order valence-corrected chi connectivity index (χ2v) is 9.56. The van der Waals surface area contributed by atoms with Crippen LogP contribution in [0.5, 0.6) is 11.5 Å². The van der Waals surface area contributed by atoms with E-state index in [2.05, 4.69) is 59.8 Å². The third-order valence-corrected chi connectivity index (χ3v) is 5.94. The first-order chi connectivity index (χ1) is 16.2. The van der Waals surface area contributed by atoms with Crippen molar-refractivity contribution in [3.05, 3.63) is 58.1 Å². The van der Waals surface area contributed by atoms with Crippen molar-refractivity contribution in [3.63, 3.8) is 0 Å². The SMILES string of the molecule is CCC(C)c1ccc(OCC(=O)NNC(=S)NC(=O)c2ccc(OCCC(C)C)c(Br)c2)cc1. The van der Waals surface area contributed by atoms with Gasteiger partial charge in [0.2, 0.25) is 0 Å². The highest BCUT2D eigenvalue weighted by Crippen LogP contribution is 2.26. The smallest absolute Gasteiger partial charge is 0.276 e. The van der Waals surface area contributed by atoms with Gasteiger partial charge in [-0.3, -0.25) is 25.8 Å². The molecule has 2 aromatic rings. The summed E-state index contributed by atoms with van der Waals surface area (Å²) < 4.78 is 11.9. The van der Waals surface area contributed by atoms with E-state index in [1.54, 1.807) is 18.2 Å². The number of carbonyl (C=O) groups excluding carboxylic acids is 2. The molecule has 7 nitrogen and oxygen atoms in total. The van der Waals surface area contributed by atoms with Crippen molar-refractivity contribution in [1.82, 2.24) is 16.2 Å². The zero-order chi connectivity index (χ0) is 25.1. The normalized spacial score (nSPS) is 11.5. The van der Waals surface area contributed by atoms with Gasteiger partial charge >= 0.3 is 0 Å². The minimum Gasteiger partial charge on any atom is -0.492 e. The van der Waals surface area contributed by atoms with Gasteiger partial charge in [-0.05, 0) is 88.7 Å². The number of rotatable bonds is 10. The van der Waals surface area contributed by atoms with Gasteiger partial charge in [-0.15, -0.1) is 0 Å². The first-order valence-electron chi connectivity index (χ1n) is 11.2. The van der Waals surface area contributed by atoms with E-state index in [-0.39, 0.29) is 11.7 Å². The van der Waals surface area contributed by atoms with Gasteiger partial charge < -0.3 is 9.47 Å². The number of halogens is 1. The highest BCUT2D eigenvalue weighted by molar-refractivity contribution is 9.10. The first kappa shape index (κ1) is 27.6. The highest BCUT2D eigenvalue weighted by atomic mass is 79.9. The second kappa shape index (κ2) is 13.9. The topological polar surface area (TPSA) is 88.7 Å². The van der Waals surface area contributed by atoms with Gasteiger partial charge in [-0.2, -0.15) is 0 Å². The van der Waals surface area contributed by atoms with Gasteiger partial charge in [0.1, 0.15) is 11.5 Å². The fourth-order valence-corrected chi connectivity index (χ4v) is 3.45.